The van der Waals surface area contributed by atoms with Crippen molar-refractivity contribution < 1.29 is 59.0 Å². The van der Waals surface area contributed by atoms with Gasteiger partial charge in [0.05, 0.1) is 19.5 Å². The number of nitrogens with zero attached hydrogens (tertiary/aromatic N) is 3. The molecule has 18 nitrogen and oxygen atoms in total. The number of aromatic amines is 1. The van der Waals surface area contributed by atoms with Crippen molar-refractivity contribution >= 4 is 31.2 Å². The number of carbonyl (C=O) groups is 1. The van der Waals surface area contributed by atoms with E-state index in [-0.39, 0.29) is 23.4 Å². The first kappa shape index (κ1) is 27.9. The van der Waals surface area contributed by atoms with Crippen LogP contribution in [-0.4, -0.2) is 116 Å². The fraction of sp³-hybridized carbons (Fsp3) is 0.600. The minimum atomic E-state index is -4.76. The van der Waals surface area contributed by atoms with Gasteiger partial charge in [-0.25, -0.2) is 9.55 Å². The summed E-state index contributed by atoms with van der Waals surface area (Å²) in [6.45, 7) is -1.34. The van der Waals surface area contributed by atoms with E-state index in [1.807, 2.05) is 0 Å². The molecule has 0 amide bonds. The highest BCUT2D eigenvalue weighted by Crippen LogP contribution is 2.38. The van der Waals surface area contributed by atoms with E-state index in [0.717, 1.165) is 0 Å². The number of carbonyl (C=O) groups excluding carboxylic acids is 1. The van der Waals surface area contributed by atoms with Crippen LogP contribution in [0.3, 0.4) is 0 Å². The number of aromatic nitrogens is 4. The number of ether oxygens (including phenoxy) is 1. The summed E-state index contributed by atoms with van der Waals surface area (Å²) in [6.07, 6.45) is -8.85. The van der Waals surface area contributed by atoms with Gasteiger partial charge in [0.1, 0.15) is 36.6 Å². The zero-order valence-corrected chi connectivity index (χ0v) is 18.0. The van der Waals surface area contributed by atoms with E-state index >= 15 is 0 Å². The second kappa shape index (κ2) is 11.4. The maximum atomic E-state index is 11.7. The minimum absolute atomic E-state index is 0.0176. The number of nitrogens with two attached hydrogens (primary N) is 1. The predicted molar refractivity (Wildman–Crippen MR) is 108 cm³/mol. The van der Waals surface area contributed by atoms with Crippen LogP contribution in [0, 0.1) is 0 Å². The number of H-pyrrole nitrogens is 1. The molecule has 1 saturated heterocycles. The van der Waals surface area contributed by atoms with Crippen molar-refractivity contribution in [1.82, 2.24) is 19.5 Å². The molecule has 0 aliphatic carbocycles. The van der Waals surface area contributed by atoms with Gasteiger partial charge in [0, 0.05) is 0 Å². The average molecular weight is 513 g/mol. The topological polar surface area (TPSA) is 304 Å². The number of fused-ring (bicyclic) bond motifs is 1. The lowest BCUT2D eigenvalue weighted by Crippen LogP contribution is -2.40. The van der Waals surface area contributed by atoms with Crippen molar-refractivity contribution in [2.24, 2.45) is 0 Å². The number of nitrogens with one attached hydrogen (secondary N) is 1. The van der Waals surface area contributed by atoms with E-state index in [1.165, 1.54) is 10.9 Å². The molecular weight excluding hydrogens is 489 g/mol. The number of imidazole rings is 1. The third-order valence-electron chi connectivity index (χ3n) is 4.54. The molecule has 1 fully saturated rings. The lowest BCUT2D eigenvalue weighted by Gasteiger charge is -2.16. The van der Waals surface area contributed by atoms with Crippen LogP contribution in [0.15, 0.2) is 11.1 Å². The molecule has 192 valence electrons. The van der Waals surface area contributed by atoms with E-state index in [1.54, 1.807) is 0 Å². The summed E-state index contributed by atoms with van der Waals surface area (Å²) in [7, 11) is -4.76. The molecule has 2 aromatic rings. The van der Waals surface area contributed by atoms with Gasteiger partial charge < -0.3 is 55.7 Å². The summed E-state index contributed by atoms with van der Waals surface area (Å²) in [4.78, 5) is 48.9. The van der Waals surface area contributed by atoms with Crippen molar-refractivity contribution in [2.45, 2.75) is 42.9 Å². The SMILES string of the molecule is Nc1nc2c(ncn2[C@@H]2O[C@H](COP(=O)(O)O)[C@@H](O)[C@H]2O)c(=O)[nH]1.O=CC(O)C(O)C(O)CO. The van der Waals surface area contributed by atoms with Gasteiger partial charge in [-0.1, -0.05) is 0 Å². The molecule has 0 bridgehead atoms. The largest absolute Gasteiger partial charge is 0.469 e. The first-order chi connectivity index (χ1) is 15.8. The summed E-state index contributed by atoms with van der Waals surface area (Å²) in [5, 5.41) is 54.1. The molecule has 0 saturated carbocycles. The quantitative estimate of drug-likeness (QED) is 0.116. The molecule has 3 unspecified atom stereocenters. The van der Waals surface area contributed by atoms with E-state index in [0.29, 0.717) is 0 Å². The first-order valence-corrected chi connectivity index (χ1v) is 10.9. The molecule has 0 aromatic carbocycles. The Hall–Kier alpha value is -2.35. The molecule has 0 radical (unpaired) electrons. The van der Waals surface area contributed by atoms with E-state index in [2.05, 4.69) is 19.5 Å². The Morgan fingerprint density at radius 2 is 1.94 bits per heavy atom. The molecule has 19 heteroatoms. The number of phosphoric acid groups is 1. The predicted octanol–water partition coefficient (Wildman–Crippen LogP) is -5.31. The molecule has 7 atom stereocenters. The lowest BCUT2D eigenvalue weighted by molar-refractivity contribution is -0.127. The average Bonchev–Trinajstić information content (AvgIpc) is 3.31. The monoisotopic (exact) mass is 513 g/mol. The Morgan fingerprint density at radius 3 is 2.50 bits per heavy atom. The highest BCUT2D eigenvalue weighted by atomic mass is 31.2. The summed E-state index contributed by atoms with van der Waals surface area (Å²) in [5.74, 6) is -0.177. The molecule has 0 spiro atoms. The number of aldehydes is 1. The molecule has 2 aromatic heterocycles. The Balaban J connectivity index is 0.000000347. The van der Waals surface area contributed by atoms with Crippen LogP contribution >= 0.6 is 7.82 Å². The highest BCUT2D eigenvalue weighted by Gasteiger charge is 2.45. The van der Waals surface area contributed by atoms with E-state index in [4.69, 9.17) is 40.7 Å². The second-order valence-electron chi connectivity index (χ2n) is 6.98. The molecule has 1 aliphatic rings. The number of aliphatic hydroxyl groups excluding tert-OH is 6. The number of nitrogen functional groups attached to an aromatic ring is 1. The van der Waals surface area contributed by atoms with Crippen LogP contribution in [0.2, 0.25) is 0 Å². The standard InChI is InChI=1S/C10H14N5O8P.C5H10O5/c11-10-13-7-4(8(18)14-10)12-2-15(7)9-6(17)5(16)3(23-9)1-22-24(19,20)21;6-1-3(8)5(10)4(9)2-7/h2-3,5-6,9,16-17H,1H2,(H2,19,20,21)(H3,11,13,14,18);1,3-5,7-10H,2H2/t3-,5-,6-,9-;/m1./s1. The van der Waals surface area contributed by atoms with Crippen LogP contribution in [0.5, 0.6) is 0 Å². The van der Waals surface area contributed by atoms with Gasteiger partial charge in [-0.3, -0.25) is 18.9 Å². The number of hydrogen-bond acceptors (Lipinski definition) is 14. The van der Waals surface area contributed by atoms with E-state index in [9.17, 15) is 24.4 Å². The maximum absolute atomic E-state index is 11.7. The minimum Gasteiger partial charge on any atom is -0.394 e. The summed E-state index contributed by atoms with van der Waals surface area (Å²) in [5.41, 5.74) is 4.84. The number of anilines is 1. The Labute approximate surface area is 189 Å². The van der Waals surface area contributed by atoms with Gasteiger partial charge in [0.2, 0.25) is 5.95 Å². The summed E-state index contributed by atoms with van der Waals surface area (Å²) < 4.78 is 21.6. The fourth-order valence-corrected chi connectivity index (χ4v) is 3.15. The Bertz CT molecular complexity index is 1070. The van der Waals surface area contributed by atoms with Crippen LogP contribution in [-0.2, 0) is 18.6 Å². The number of aliphatic hydroxyl groups is 6. The molecule has 11 N–H and O–H groups in total. The smallest absolute Gasteiger partial charge is 0.394 e. The molecule has 34 heavy (non-hydrogen) atoms. The molecule has 1 aliphatic heterocycles. The molecule has 3 heterocycles. The van der Waals surface area contributed by atoms with Gasteiger partial charge in [-0.2, -0.15) is 4.98 Å². The number of hydrogen-bond donors (Lipinski definition) is 10. The van der Waals surface area contributed by atoms with Crippen LogP contribution in [0.1, 0.15) is 6.23 Å². The summed E-state index contributed by atoms with van der Waals surface area (Å²) >= 11 is 0. The van der Waals surface area contributed by atoms with Gasteiger partial charge in [-0.15, -0.1) is 0 Å². The normalized spacial score (nSPS) is 25.4. The second-order valence-corrected chi connectivity index (χ2v) is 8.21. The molecular formula is C15H24N5O13P. The van der Waals surface area contributed by atoms with Crippen LogP contribution in [0.4, 0.5) is 5.95 Å². The number of rotatable bonds is 8. The lowest BCUT2D eigenvalue weighted by atomic mass is 10.1. The van der Waals surface area contributed by atoms with Crippen molar-refractivity contribution in [1.29, 1.82) is 0 Å². The Morgan fingerprint density at radius 1 is 1.29 bits per heavy atom. The Kier molecular flexibility index (Phi) is 9.34. The zero-order chi connectivity index (χ0) is 25.8. The van der Waals surface area contributed by atoms with Crippen molar-refractivity contribution in [3.63, 3.8) is 0 Å². The van der Waals surface area contributed by atoms with E-state index < -0.39 is 69.4 Å². The maximum Gasteiger partial charge on any atom is 0.469 e. The van der Waals surface area contributed by atoms with Crippen LogP contribution < -0.4 is 11.3 Å². The van der Waals surface area contributed by atoms with Crippen LogP contribution in [0.25, 0.3) is 11.2 Å². The zero-order valence-electron chi connectivity index (χ0n) is 17.1. The first-order valence-electron chi connectivity index (χ1n) is 9.35. The third kappa shape index (κ3) is 6.62. The fourth-order valence-electron chi connectivity index (χ4n) is 2.81. The van der Waals surface area contributed by atoms with Gasteiger partial charge in [-0.05, 0) is 0 Å². The van der Waals surface area contributed by atoms with Crippen molar-refractivity contribution in [3.05, 3.63) is 16.7 Å². The summed E-state index contributed by atoms with van der Waals surface area (Å²) in [6, 6.07) is 0. The van der Waals surface area contributed by atoms with Gasteiger partial charge >= 0.3 is 7.82 Å². The van der Waals surface area contributed by atoms with Crippen molar-refractivity contribution in [3.8, 4) is 0 Å². The molecule has 3 rings (SSSR count). The third-order valence-corrected chi connectivity index (χ3v) is 5.03. The van der Waals surface area contributed by atoms with Gasteiger partial charge in [0.25, 0.3) is 5.56 Å². The van der Waals surface area contributed by atoms with Gasteiger partial charge in [0.15, 0.2) is 23.7 Å². The van der Waals surface area contributed by atoms with Crippen molar-refractivity contribution in [2.75, 3.05) is 18.9 Å². The number of phosphoric ester groups is 1. The highest BCUT2D eigenvalue weighted by molar-refractivity contribution is 7.46.